The molecule has 1 radical (unpaired) electrons. The van der Waals surface area contributed by atoms with Gasteiger partial charge in [0.2, 0.25) is 0 Å². The van der Waals surface area contributed by atoms with Gasteiger partial charge in [0.1, 0.15) is 0 Å². The number of rotatable bonds is 6. The van der Waals surface area contributed by atoms with Gasteiger partial charge in [-0.15, -0.1) is 0 Å². The molecule has 0 atom stereocenters. The zero-order valence-electron chi connectivity index (χ0n) is 6.70. The SMILES string of the molecule is CCCCCCCCS.[Au]. The van der Waals surface area contributed by atoms with Gasteiger partial charge in [-0.1, -0.05) is 39.0 Å². The number of thiol groups is 1. The summed E-state index contributed by atoms with van der Waals surface area (Å²) in [6.07, 6.45) is 8.27. The Morgan fingerprint density at radius 2 is 1.40 bits per heavy atom. The molecular weight excluding hydrogens is 325 g/mol. The van der Waals surface area contributed by atoms with Crippen molar-refractivity contribution in [3.05, 3.63) is 0 Å². The fraction of sp³-hybridized carbons (Fsp3) is 1.00. The molecule has 0 spiro atoms. The van der Waals surface area contributed by atoms with Crippen LogP contribution in [-0.4, -0.2) is 5.75 Å². The monoisotopic (exact) mass is 343 g/mol. The molecule has 67 valence electrons. The zero-order chi connectivity index (χ0) is 6.95. The van der Waals surface area contributed by atoms with Gasteiger partial charge in [0.05, 0.1) is 0 Å². The summed E-state index contributed by atoms with van der Waals surface area (Å²) in [5.74, 6) is 1.06. The van der Waals surface area contributed by atoms with E-state index in [1.54, 1.807) is 0 Å². The van der Waals surface area contributed by atoms with Crippen molar-refractivity contribution < 1.29 is 22.4 Å². The molecule has 0 saturated heterocycles. The molecule has 0 aromatic heterocycles. The summed E-state index contributed by atoms with van der Waals surface area (Å²) in [5, 5.41) is 0. The summed E-state index contributed by atoms with van der Waals surface area (Å²) in [7, 11) is 0. The van der Waals surface area contributed by atoms with Gasteiger partial charge in [-0.05, 0) is 12.2 Å². The van der Waals surface area contributed by atoms with Gasteiger partial charge in [-0.3, -0.25) is 0 Å². The van der Waals surface area contributed by atoms with E-state index in [2.05, 4.69) is 19.6 Å². The molecule has 0 N–H and O–H groups in total. The van der Waals surface area contributed by atoms with E-state index in [0.29, 0.717) is 0 Å². The van der Waals surface area contributed by atoms with Crippen molar-refractivity contribution in [2.75, 3.05) is 5.75 Å². The van der Waals surface area contributed by atoms with Gasteiger partial charge in [-0.2, -0.15) is 12.6 Å². The molecule has 0 aliphatic heterocycles. The molecule has 0 heterocycles. The maximum atomic E-state index is 4.15. The maximum Gasteiger partial charge on any atom is 0 e. The third kappa shape index (κ3) is 11.8. The van der Waals surface area contributed by atoms with Gasteiger partial charge >= 0.3 is 0 Å². The summed E-state index contributed by atoms with van der Waals surface area (Å²) in [5.41, 5.74) is 0. The minimum atomic E-state index is 0. The van der Waals surface area contributed by atoms with E-state index >= 15 is 0 Å². The van der Waals surface area contributed by atoms with Gasteiger partial charge in [-0.25, -0.2) is 0 Å². The van der Waals surface area contributed by atoms with Crippen LogP contribution in [0.5, 0.6) is 0 Å². The summed E-state index contributed by atoms with van der Waals surface area (Å²) in [6, 6.07) is 0. The van der Waals surface area contributed by atoms with Crippen LogP contribution in [0.2, 0.25) is 0 Å². The van der Waals surface area contributed by atoms with Crippen LogP contribution in [0.15, 0.2) is 0 Å². The topological polar surface area (TPSA) is 0 Å². The normalized spacial score (nSPS) is 9.00. The van der Waals surface area contributed by atoms with Crippen LogP contribution in [0.1, 0.15) is 45.4 Å². The first-order valence-electron chi connectivity index (χ1n) is 4.02. The van der Waals surface area contributed by atoms with Crippen molar-refractivity contribution in [2.24, 2.45) is 0 Å². The summed E-state index contributed by atoms with van der Waals surface area (Å²) < 4.78 is 0. The van der Waals surface area contributed by atoms with Crippen molar-refractivity contribution in [1.29, 1.82) is 0 Å². The van der Waals surface area contributed by atoms with Gasteiger partial charge < -0.3 is 0 Å². The summed E-state index contributed by atoms with van der Waals surface area (Å²) in [6.45, 7) is 2.25. The van der Waals surface area contributed by atoms with E-state index in [1.807, 2.05) is 0 Å². The minimum Gasteiger partial charge on any atom is -0.179 e. The van der Waals surface area contributed by atoms with Crippen LogP contribution in [0, 0.1) is 0 Å². The van der Waals surface area contributed by atoms with Crippen LogP contribution in [0.3, 0.4) is 0 Å². The maximum absolute atomic E-state index is 4.15. The first-order chi connectivity index (χ1) is 4.41. The van der Waals surface area contributed by atoms with E-state index in [4.69, 9.17) is 0 Å². The molecule has 0 nitrogen and oxygen atoms in total. The molecule has 0 aliphatic carbocycles. The quantitative estimate of drug-likeness (QED) is 0.427. The third-order valence-corrected chi connectivity index (χ3v) is 1.83. The molecule has 0 aliphatic rings. The van der Waals surface area contributed by atoms with Gasteiger partial charge in [0.15, 0.2) is 0 Å². The third-order valence-electron chi connectivity index (χ3n) is 1.51. The largest absolute Gasteiger partial charge is 0.179 e. The Labute approximate surface area is 86.1 Å². The Hall–Kier alpha value is 1.09. The summed E-state index contributed by atoms with van der Waals surface area (Å²) >= 11 is 4.15. The fourth-order valence-electron chi connectivity index (χ4n) is 0.892. The standard InChI is InChI=1S/C8H18S.Au/c1-2-3-4-5-6-7-8-9;/h9H,2-8H2,1H3;. The first-order valence-corrected chi connectivity index (χ1v) is 4.66. The molecule has 0 bridgehead atoms. The molecule has 0 fully saturated rings. The summed E-state index contributed by atoms with van der Waals surface area (Å²) in [4.78, 5) is 0. The van der Waals surface area contributed by atoms with Crippen LogP contribution in [-0.2, 0) is 22.4 Å². The Kier molecular flexibility index (Phi) is 17.4. The smallest absolute Gasteiger partial charge is 0 e. The van der Waals surface area contributed by atoms with Crippen LogP contribution in [0.4, 0.5) is 0 Å². The van der Waals surface area contributed by atoms with Crippen molar-refractivity contribution in [3.8, 4) is 0 Å². The average Bonchev–Trinajstić information content (AvgIpc) is 1.89. The van der Waals surface area contributed by atoms with E-state index < -0.39 is 0 Å². The number of hydrogen-bond acceptors (Lipinski definition) is 1. The molecule has 2 heteroatoms. The Bertz CT molecular complexity index is 42.5. The Morgan fingerprint density at radius 1 is 0.900 bits per heavy atom. The second kappa shape index (κ2) is 12.7. The van der Waals surface area contributed by atoms with Gasteiger partial charge in [0.25, 0.3) is 0 Å². The Morgan fingerprint density at radius 3 is 1.90 bits per heavy atom. The number of unbranched alkanes of at least 4 members (excludes halogenated alkanes) is 5. The minimum absolute atomic E-state index is 0. The Balaban J connectivity index is 0. The molecule has 0 amide bonds. The molecule has 0 saturated carbocycles. The van der Waals surface area contributed by atoms with Crippen molar-refractivity contribution in [2.45, 2.75) is 45.4 Å². The van der Waals surface area contributed by atoms with Crippen LogP contribution >= 0.6 is 12.6 Å². The second-order valence-corrected chi connectivity index (χ2v) is 2.94. The van der Waals surface area contributed by atoms with Crippen molar-refractivity contribution in [1.82, 2.24) is 0 Å². The molecule has 0 aromatic carbocycles. The molecular formula is C8H18AuS. The second-order valence-electron chi connectivity index (χ2n) is 2.49. The van der Waals surface area contributed by atoms with E-state index in [-0.39, 0.29) is 22.4 Å². The van der Waals surface area contributed by atoms with Crippen molar-refractivity contribution in [3.63, 3.8) is 0 Å². The average molecular weight is 343 g/mol. The van der Waals surface area contributed by atoms with Crippen molar-refractivity contribution >= 4 is 12.6 Å². The van der Waals surface area contributed by atoms with E-state index in [9.17, 15) is 0 Å². The molecule has 0 unspecified atom stereocenters. The fourth-order valence-corrected chi connectivity index (χ4v) is 1.12. The number of hydrogen-bond donors (Lipinski definition) is 1. The first kappa shape index (κ1) is 13.7. The predicted octanol–water partition coefficient (Wildman–Crippen LogP) is 3.27. The van der Waals surface area contributed by atoms with Gasteiger partial charge in [0, 0.05) is 22.4 Å². The zero-order valence-corrected chi connectivity index (χ0v) is 9.76. The predicted molar refractivity (Wildman–Crippen MR) is 47.2 cm³/mol. The molecule has 10 heavy (non-hydrogen) atoms. The van der Waals surface area contributed by atoms with Crippen LogP contribution < -0.4 is 0 Å². The molecule has 0 aromatic rings. The van der Waals surface area contributed by atoms with Crippen LogP contribution in [0.25, 0.3) is 0 Å². The molecule has 0 rings (SSSR count). The van der Waals surface area contributed by atoms with E-state index in [0.717, 1.165) is 5.75 Å². The van der Waals surface area contributed by atoms with E-state index in [1.165, 1.54) is 38.5 Å².